The van der Waals surface area contributed by atoms with Gasteiger partial charge >= 0.3 is 0 Å². The highest BCUT2D eigenvalue weighted by molar-refractivity contribution is 9.10. The molecule has 1 heterocycles. The molecule has 0 aromatic heterocycles. The van der Waals surface area contributed by atoms with Gasteiger partial charge in [0, 0.05) is 41.6 Å². The second-order valence-corrected chi connectivity index (χ2v) is 11.5. The summed E-state index contributed by atoms with van der Waals surface area (Å²) in [7, 11) is 4.65. The van der Waals surface area contributed by atoms with Gasteiger partial charge in [-0.2, -0.15) is 0 Å². The summed E-state index contributed by atoms with van der Waals surface area (Å²) in [5.74, 6) is 2.16. The molecular weight excluding hydrogens is 652 g/mol. The van der Waals surface area contributed by atoms with Crippen molar-refractivity contribution in [2.24, 2.45) is 4.99 Å². The molecular formula is C36H37BrN2O7. The van der Waals surface area contributed by atoms with E-state index < -0.39 is 11.6 Å². The van der Waals surface area contributed by atoms with E-state index in [0.717, 1.165) is 21.2 Å². The number of rotatable bonds is 14. The first-order chi connectivity index (χ1) is 22.4. The number of amides is 1. The third-order valence-corrected chi connectivity index (χ3v) is 8.43. The van der Waals surface area contributed by atoms with Crippen molar-refractivity contribution in [1.82, 2.24) is 5.32 Å². The SMILES string of the molecule is COc1cc(CNC(=O)[C@]2(Cc3ccccc3)N=C(c3ccc(OCCCO)cc3)O[C@@H]2c2ccccc2Br)cc(OC)c1OC. The molecule has 0 saturated carbocycles. The molecule has 0 aliphatic carbocycles. The second-order valence-electron chi connectivity index (χ2n) is 10.7. The number of methoxy groups -OCH3 is 3. The van der Waals surface area contributed by atoms with E-state index in [-0.39, 0.29) is 25.5 Å². The van der Waals surface area contributed by atoms with Crippen LogP contribution >= 0.6 is 15.9 Å². The Hall–Kier alpha value is -4.54. The lowest BCUT2D eigenvalue weighted by Crippen LogP contribution is -2.49. The van der Waals surface area contributed by atoms with Crippen molar-refractivity contribution < 1.29 is 33.6 Å². The normalized spacial score (nSPS) is 17.1. The lowest BCUT2D eigenvalue weighted by Gasteiger charge is -2.31. The number of carbonyl (C=O) groups is 1. The summed E-state index contributed by atoms with van der Waals surface area (Å²) in [6, 6.07) is 28.5. The van der Waals surface area contributed by atoms with Crippen molar-refractivity contribution >= 4 is 27.7 Å². The summed E-state index contributed by atoms with van der Waals surface area (Å²) < 4.78 is 29.7. The number of ether oxygens (including phenoxy) is 5. The number of aliphatic hydroxyl groups is 1. The quantitative estimate of drug-likeness (QED) is 0.155. The van der Waals surface area contributed by atoms with Crippen LogP contribution < -0.4 is 24.3 Å². The summed E-state index contributed by atoms with van der Waals surface area (Å²) >= 11 is 3.69. The van der Waals surface area contributed by atoms with Gasteiger partial charge in [-0.25, -0.2) is 4.99 Å². The summed E-state index contributed by atoms with van der Waals surface area (Å²) in [4.78, 5) is 19.7. The number of carbonyl (C=O) groups excluding carboxylic acids is 1. The average Bonchev–Trinajstić information content (AvgIpc) is 3.47. The first-order valence-corrected chi connectivity index (χ1v) is 15.7. The fraction of sp³-hybridized carbons (Fsp3) is 0.278. The molecule has 0 unspecified atom stereocenters. The molecule has 240 valence electrons. The largest absolute Gasteiger partial charge is 0.494 e. The molecule has 2 N–H and O–H groups in total. The van der Waals surface area contributed by atoms with Gasteiger partial charge < -0.3 is 34.1 Å². The van der Waals surface area contributed by atoms with E-state index in [9.17, 15) is 4.79 Å². The van der Waals surface area contributed by atoms with Crippen molar-refractivity contribution in [2.45, 2.75) is 31.0 Å². The topological polar surface area (TPSA) is 108 Å². The Kier molecular flexibility index (Phi) is 10.8. The molecule has 10 heteroatoms. The molecule has 5 rings (SSSR count). The highest BCUT2D eigenvalue weighted by atomic mass is 79.9. The Morgan fingerprint density at radius 3 is 2.22 bits per heavy atom. The molecule has 2 atom stereocenters. The van der Waals surface area contributed by atoms with Crippen LogP contribution in [0, 0.1) is 0 Å². The number of aliphatic imine (C=N–C) groups is 1. The average molecular weight is 690 g/mol. The smallest absolute Gasteiger partial charge is 0.252 e. The van der Waals surface area contributed by atoms with E-state index in [1.165, 1.54) is 0 Å². The van der Waals surface area contributed by atoms with Crippen LogP contribution in [0.4, 0.5) is 0 Å². The predicted octanol–water partition coefficient (Wildman–Crippen LogP) is 6.05. The van der Waals surface area contributed by atoms with Gasteiger partial charge in [0.25, 0.3) is 5.91 Å². The molecule has 4 aromatic carbocycles. The van der Waals surface area contributed by atoms with Gasteiger partial charge in [0.1, 0.15) is 5.75 Å². The lowest BCUT2D eigenvalue weighted by molar-refractivity contribution is -0.129. The van der Waals surface area contributed by atoms with Crippen molar-refractivity contribution in [2.75, 3.05) is 34.5 Å². The van der Waals surface area contributed by atoms with Crippen LogP contribution in [-0.4, -0.2) is 57.0 Å². The third kappa shape index (κ3) is 7.13. The number of aliphatic hydroxyl groups excluding tert-OH is 1. The summed E-state index contributed by atoms with van der Waals surface area (Å²) in [6.07, 6.45) is 0.0734. The molecule has 0 radical (unpaired) electrons. The summed E-state index contributed by atoms with van der Waals surface area (Å²) in [6.45, 7) is 0.646. The van der Waals surface area contributed by atoms with Crippen LogP contribution in [-0.2, 0) is 22.5 Å². The second kappa shape index (κ2) is 15.2. The zero-order chi connectivity index (χ0) is 32.5. The number of nitrogens with one attached hydrogen (secondary N) is 1. The van der Waals surface area contributed by atoms with Gasteiger partial charge in [-0.15, -0.1) is 0 Å². The minimum absolute atomic E-state index is 0.0598. The van der Waals surface area contributed by atoms with Gasteiger partial charge in [-0.1, -0.05) is 64.5 Å². The van der Waals surface area contributed by atoms with Crippen molar-refractivity contribution in [3.8, 4) is 23.0 Å². The number of hydrogen-bond donors (Lipinski definition) is 2. The number of halogens is 1. The minimum atomic E-state index is -1.36. The lowest BCUT2D eigenvalue weighted by atomic mass is 9.82. The zero-order valence-corrected chi connectivity index (χ0v) is 27.6. The van der Waals surface area contributed by atoms with Crippen molar-refractivity contribution in [3.05, 3.63) is 118 Å². The number of benzene rings is 4. The van der Waals surface area contributed by atoms with Crippen molar-refractivity contribution in [3.63, 3.8) is 0 Å². The fourth-order valence-electron chi connectivity index (χ4n) is 5.43. The first kappa shape index (κ1) is 32.8. The van der Waals surface area contributed by atoms with E-state index in [0.29, 0.717) is 47.5 Å². The van der Waals surface area contributed by atoms with E-state index in [1.807, 2.05) is 78.9 Å². The molecule has 0 spiro atoms. The van der Waals surface area contributed by atoms with E-state index >= 15 is 0 Å². The fourth-order valence-corrected chi connectivity index (χ4v) is 5.92. The van der Waals surface area contributed by atoms with Crippen LogP contribution in [0.5, 0.6) is 23.0 Å². The van der Waals surface area contributed by atoms with E-state index in [2.05, 4.69) is 21.2 Å². The molecule has 1 amide bonds. The van der Waals surface area contributed by atoms with Crippen LogP contribution in [0.15, 0.2) is 100 Å². The zero-order valence-electron chi connectivity index (χ0n) is 26.0. The van der Waals surface area contributed by atoms with Gasteiger partial charge in [0.15, 0.2) is 23.1 Å². The van der Waals surface area contributed by atoms with Crippen LogP contribution in [0.1, 0.15) is 34.8 Å². The number of hydrogen-bond acceptors (Lipinski definition) is 8. The van der Waals surface area contributed by atoms with Crippen LogP contribution in [0.2, 0.25) is 0 Å². The summed E-state index contributed by atoms with van der Waals surface area (Å²) in [5.41, 5.74) is 1.83. The highest BCUT2D eigenvalue weighted by Crippen LogP contribution is 2.45. The van der Waals surface area contributed by atoms with Crippen LogP contribution in [0.25, 0.3) is 0 Å². The maximum absolute atomic E-state index is 14.6. The highest BCUT2D eigenvalue weighted by Gasteiger charge is 2.53. The maximum atomic E-state index is 14.6. The molecule has 1 aliphatic rings. The Balaban J connectivity index is 1.55. The molecule has 4 aromatic rings. The molecule has 46 heavy (non-hydrogen) atoms. The molecule has 0 saturated heterocycles. The predicted molar refractivity (Wildman–Crippen MR) is 179 cm³/mol. The third-order valence-electron chi connectivity index (χ3n) is 7.71. The van der Waals surface area contributed by atoms with Crippen molar-refractivity contribution in [1.29, 1.82) is 0 Å². The molecule has 1 aliphatic heterocycles. The summed E-state index contributed by atoms with van der Waals surface area (Å²) in [5, 5.41) is 12.2. The van der Waals surface area contributed by atoms with Gasteiger partial charge in [0.2, 0.25) is 11.6 Å². The number of nitrogens with zero attached hydrogens (tertiary/aromatic N) is 1. The monoisotopic (exact) mass is 688 g/mol. The van der Waals surface area contributed by atoms with Crippen LogP contribution in [0.3, 0.4) is 0 Å². The van der Waals surface area contributed by atoms with Gasteiger partial charge in [-0.3, -0.25) is 4.79 Å². The molecule has 0 fully saturated rings. The molecule has 0 bridgehead atoms. The minimum Gasteiger partial charge on any atom is -0.494 e. The Bertz CT molecular complexity index is 1640. The standard InChI is InChI=1S/C36H37BrN2O7/c1-42-30-20-25(21-31(43-2)32(30)44-3)23-38-35(41)36(22-24-10-5-4-6-11-24)33(28-12-7-8-13-29(28)37)46-34(39-36)26-14-16-27(17-15-26)45-19-9-18-40/h4-8,10-17,20-21,33,40H,9,18-19,22-23H2,1-3H3,(H,38,41)/t33-,36-/m1/s1. The Morgan fingerprint density at radius 2 is 1.59 bits per heavy atom. The van der Waals surface area contributed by atoms with E-state index in [4.69, 9.17) is 33.8 Å². The van der Waals surface area contributed by atoms with Gasteiger partial charge in [0.05, 0.1) is 27.9 Å². The van der Waals surface area contributed by atoms with E-state index in [1.54, 1.807) is 33.5 Å². The Morgan fingerprint density at radius 1 is 0.913 bits per heavy atom. The maximum Gasteiger partial charge on any atom is 0.252 e. The Labute approximate surface area is 277 Å². The van der Waals surface area contributed by atoms with Gasteiger partial charge in [-0.05, 0) is 53.6 Å². The molecule has 9 nitrogen and oxygen atoms in total. The first-order valence-electron chi connectivity index (χ1n) is 14.9.